The molecule has 2 aromatic heterocycles. The number of hydrogen-bond donors (Lipinski definition) is 0. The molecule has 8 nitrogen and oxygen atoms in total. The van der Waals surface area contributed by atoms with Gasteiger partial charge in [0, 0.05) is 9.85 Å². The van der Waals surface area contributed by atoms with Gasteiger partial charge in [-0.05, 0) is 34.1 Å². The third-order valence-electron chi connectivity index (χ3n) is 2.97. The summed E-state index contributed by atoms with van der Waals surface area (Å²) >= 11 is 4.82. The summed E-state index contributed by atoms with van der Waals surface area (Å²) in [5, 5.41) is 16.9. The van der Waals surface area contributed by atoms with Gasteiger partial charge in [0.1, 0.15) is 5.75 Å². The van der Waals surface area contributed by atoms with Gasteiger partial charge in [0.25, 0.3) is 5.89 Å². The van der Waals surface area contributed by atoms with Crippen LogP contribution in [-0.4, -0.2) is 22.2 Å². The molecule has 0 radical (unpaired) electrons. The Morgan fingerprint density at radius 2 is 2.25 bits per heavy atom. The molecule has 24 heavy (non-hydrogen) atoms. The van der Waals surface area contributed by atoms with Crippen molar-refractivity contribution in [2.75, 3.05) is 7.11 Å². The molecule has 0 aliphatic carbocycles. The molecule has 124 valence electrons. The molecule has 0 saturated heterocycles. The van der Waals surface area contributed by atoms with Crippen molar-refractivity contribution in [3.05, 3.63) is 50.1 Å². The topological polar surface area (TPSA) is 101 Å². The number of nitro benzene ring substituents is 1. The van der Waals surface area contributed by atoms with Crippen LogP contribution in [0.3, 0.4) is 0 Å². The van der Waals surface area contributed by atoms with E-state index in [1.54, 1.807) is 6.07 Å². The zero-order valence-electron chi connectivity index (χ0n) is 12.3. The summed E-state index contributed by atoms with van der Waals surface area (Å²) in [5.74, 6) is 1.13. The van der Waals surface area contributed by atoms with Gasteiger partial charge in [0.15, 0.2) is 12.4 Å². The standard InChI is InChI=1S/C14H10BrN3O5S/c1-21-9-2-3-11(10(5-9)18(19)20)22-6-13-16-14(17-23-13)12-4-8(15)7-24-12/h2-5,7H,6H2,1H3. The lowest BCUT2D eigenvalue weighted by Crippen LogP contribution is -2.00. The van der Waals surface area contributed by atoms with E-state index in [9.17, 15) is 10.1 Å². The summed E-state index contributed by atoms with van der Waals surface area (Å²) in [4.78, 5) is 15.6. The molecule has 2 heterocycles. The van der Waals surface area contributed by atoms with Gasteiger partial charge in [0.05, 0.1) is 23.0 Å². The largest absolute Gasteiger partial charge is 0.496 e. The Morgan fingerprint density at radius 1 is 1.42 bits per heavy atom. The van der Waals surface area contributed by atoms with Crippen LogP contribution < -0.4 is 9.47 Å². The number of methoxy groups -OCH3 is 1. The Balaban J connectivity index is 1.74. The first-order chi connectivity index (χ1) is 11.6. The second-order valence-corrected chi connectivity index (χ2v) is 6.35. The highest BCUT2D eigenvalue weighted by molar-refractivity contribution is 9.10. The van der Waals surface area contributed by atoms with Gasteiger partial charge in [-0.3, -0.25) is 10.1 Å². The Bertz CT molecular complexity index is 879. The molecule has 0 fully saturated rings. The van der Waals surface area contributed by atoms with Crippen molar-refractivity contribution < 1.29 is 18.9 Å². The molecular weight excluding hydrogens is 402 g/mol. The molecule has 1 aromatic carbocycles. The molecule has 0 aliphatic heterocycles. The molecule has 3 aromatic rings. The molecule has 0 bridgehead atoms. The zero-order valence-corrected chi connectivity index (χ0v) is 14.7. The van der Waals surface area contributed by atoms with Crippen LogP contribution in [0.15, 0.2) is 38.6 Å². The van der Waals surface area contributed by atoms with Crippen LogP contribution in [0.1, 0.15) is 5.89 Å². The van der Waals surface area contributed by atoms with Crippen LogP contribution in [0.4, 0.5) is 5.69 Å². The van der Waals surface area contributed by atoms with Crippen LogP contribution in [0, 0.1) is 10.1 Å². The number of rotatable bonds is 6. The maximum Gasteiger partial charge on any atom is 0.314 e. The van der Waals surface area contributed by atoms with Crippen molar-refractivity contribution in [1.82, 2.24) is 10.1 Å². The Labute approximate surface area is 148 Å². The van der Waals surface area contributed by atoms with E-state index >= 15 is 0 Å². The summed E-state index contributed by atoms with van der Waals surface area (Å²) in [6, 6.07) is 6.20. The number of thiophene rings is 1. The van der Waals surface area contributed by atoms with Gasteiger partial charge in [-0.1, -0.05) is 5.16 Å². The minimum absolute atomic E-state index is 0.0767. The van der Waals surface area contributed by atoms with E-state index in [-0.39, 0.29) is 23.9 Å². The predicted molar refractivity (Wildman–Crippen MR) is 89.3 cm³/mol. The third kappa shape index (κ3) is 3.54. The smallest absolute Gasteiger partial charge is 0.314 e. The highest BCUT2D eigenvalue weighted by atomic mass is 79.9. The summed E-state index contributed by atoms with van der Waals surface area (Å²) in [6.45, 7) is -0.0767. The number of nitrogens with zero attached hydrogens (tertiary/aromatic N) is 3. The minimum atomic E-state index is -0.541. The highest BCUT2D eigenvalue weighted by Gasteiger charge is 2.18. The van der Waals surface area contributed by atoms with Crippen molar-refractivity contribution in [3.8, 4) is 22.2 Å². The Morgan fingerprint density at radius 3 is 2.92 bits per heavy atom. The van der Waals surface area contributed by atoms with Crippen molar-refractivity contribution in [3.63, 3.8) is 0 Å². The maximum atomic E-state index is 11.1. The molecule has 0 unspecified atom stereocenters. The SMILES string of the molecule is COc1ccc(OCc2nc(-c3cc(Br)cs3)no2)c([N+](=O)[O-])c1. The lowest BCUT2D eigenvalue weighted by molar-refractivity contribution is -0.386. The molecule has 0 spiro atoms. The monoisotopic (exact) mass is 411 g/mol. The lowest BCUT2D eigenvalue weighted by Gasteiger charge is -2.05. The fourth-order valence-corrected chi connectivity index (χ4v) is 3.22. The molecule has 0 saturated carbocycles. The van der Waals surface area contributed by atoms with Crippen LogP contribution in [-0.2, 0) is 6.61 Å². The van der Waals surface area contributed by atoms with Gasteiger partial charge in [-0.2, -0.15) is 4.98 Å². The van der Waals surface area contributed by atoms with E-state index in [0.29, 0.717) is 11.6 Å². The summed E-state index contributed by atoms with van der Waals surface area (Å²) < 4.78 is 16.4. The van der Waals surface area contributed by atoms with E-state index in [1.807, 2.05) is 11.4 Å². The number of nitro groups is 1. The van der Waals surface area contributed by atoms with E-state index in [1.165, 1.54) is 30.6 Å². The second-order valence-electron chi connectivity index (χ2n) is 4.52. The maximum absolute atomic E-state index is 11.1. The molecule has 3 rings (SSSR count). The number of benzene rings is 1. The number of hydrogen-bond acceptors (Lipinski definition) is 8. The van der Waals surface area contributed by atoms with Crippen molar-refractivity contribution in [2.24, 2.45) is 0 Å². The second kappa shape index (κ2) is 6.97. The first-order valence-corrected chi connectivity index (χ1v) is 8.26. The molecule has 0 aliphatic rings. The first kappa shape index (κ1) is 16.4. The fourth-order valence-electron chi connectivity index (χ4n) is 1.87. The van der Waals surface area contributed by atoms with Crippen LogP contribution in [0.2, 0.25) is 0 Å². The minimum Gasteiger partial charge on any atom is -0.496 e. The molecule has 0 N–H and O–H groups in total. The number of ether oxygens (including phenoxy) is 2. The molecule has 0 amide bonds. The van der Waals surface area contributed by atoms with Gasteiger partial charge in [-0.15, -0.1) is 11.3 Å². The number of aromatic nitrogens is 2. The van der Waals surface area contributed by atoms with E-state index in [2.05, 4.69) is 26.1 Å². The quantitative estimate of drug-likeness (QED) is 0.445. The first-order valence-electron chi connectivity index (χ1n) is 6.59. The van der Waals surface area contributed by atoms with Crippen LogP contribution in [0.5, 0.6) is 11.5 Å². The van der Waals surface area contributed by atoms with Crippen LogP contribution in [0.25, 0.3) is 10.7 Å². The Kier molecular flexibility index (Phi) is 4.76. The van der Waals surface area contributed by atoms with Crippen molar-refractivity contribution >= 4 is 33.0 Å². The third-order valence-corrected chi connectivity index (χ3v) is 4.66. The summed E-state index contributed by atoms with van der Waals surface area (Å²) in [7, 11) is 1.43. The van der Waals surface area contributed by atoms with Gasteiger partial charge >= 0.3 is 5.69 Å². The average Bonchev–Trinajstić information content (AvgIpc) is 3.21. The van der Waals surface area contributed by atoms with E-state index in [0.717, 1.165) is 9.35 Å². The fraction of sp³-hybridized carbons (Fsp3) is 0.143. The Hall–Kier alpha value is -2.46. The van der Waals surface area contributed by atoms with Crippen LogP contribution >= 0.6 is 27.3 Å². The molecular formula is C14H10BrN3O5S. The summed E-state index contributed by atoms with van der Waals surface area (Å²) in [6.07, 6.45) is 0. The van der Waals surface area contributed by atoms with Crippen molar-refractivity contribution in [2.45, 2.75) is 6.61 Å². The summed E-state index contributed by atoms with van der Waals surface area (Å²) in [5.41, 5.74) is -0.198. The zero-order chi connectivity index (χ0) is 17.1. The average molecular weight is 412 g/mol. The normalized spacial score (nSPS) is 10.6. The lowest BCUT2D eigenvalue weighted by atomic mass is 10.3. The number of halogens is 1. The van der Waals surface area contributed by atoms with Gasteiger partial charge < -0.3 is 14.0 Å². The molecule has 10 heteroatoms. The molecule has 0 atom stereocenters. The van der Waals surface area contributed by atoms with E-state index < -0.39 is 4.92 Å². The predicted octanol–water partition coefficient (Wildman–Crippen LogP) is 4.06. The van der Waals surface area contributed by atoms with Crippen molar-refractivity contribution in [1.29, 1.82) is 0 Å². The van der Waals surface area contributed by atoms with E-state index in [4.69, 9.17) is 14.0 Å². The highest BCUT2D eigenvalue weighted by Crippen LogP contribution is 2.32. The van der Waals surface area contributed by atoms with Gasteiger partial charge in [0.2, 0.25) is 5.82 Å². The van der Waals surface area contributed by atoms with Gasteiger partial charge in [-0.25, -0.2) is 0 Å².